The second-order valence-corrected chi connectivity index (χ2v) is 6.41. The van der Waals surface area contributed by atoms with E-state index < -0.39 is 0 Å². The Labute approximate surface area is 136 Å². The van der Waals surface area contributed by atoms with Crippen LogP contribution in [0.3, 0.4) is 0 Å². The molecule has 1 N–H and O–H groups in total. The first-order chi connectivity index (χ1) is 11.3. The SMILES string of the molecule is CCn1cnnc1[C@H]1CCCN(Cc2cccc3[nH]ccc23)C1. The topological polar surface area (TPSA) is 49.7 Å². The normalized spacial score (nSPS) is 19.4. The lowest BCUT2D eigenvalue weighted by atomic mass is 9.96. The van der Waals surface area contributed by atoms with Crippen molar-refractivity contribution in [2.24, 2.45) is 0 Å². The quantitative estimate of drug-likeness (QED) is 0.805. The van der Waals surface area contributed by atoms with Gasteiger partial charge in [-0.3, -0.25) is 4.90 Å². The molecule has 0 aliphatic carbocycles. The molecular weight excluding hydrogens is 286 g/mol. The van der Waals surface area contributed by atoms with Crippen molar-refractivity contribution in [1.82, 2.24) is 24.6 Å². The molecule has 1 aliphatic rings. The fourth-order valence-corrected chi connectivity index (χ4v) is 3.76. The van der Waals surface area contributed by atoms with Gasteiger partial charge in [0.2, 0.25) is 0 Å². The third-order valence-corrected chi connectivity index (χ3v) is 4.94. The summed E-state index contributed by atoms with van der Waals surface area (Å²) in [7, 11) is 0. The van der Waals surface area contributed by atoms with Crippen LogP contribution in [0.2, 0.25) is 0 Å². The number of rotatable bonds is 4. The Bertz CT molecular complexity index is 787. The van der Waals surface area contributed by atoms with Gasteiger partial charge in [0.25, 0.3) is 0 Å². The van der Waals surface area contributed by atoms with Crippen molar-refractivity contribution < 1.29 is 0 Å². The standard InChI is InChI=1S/C18H23N5/c1-2-23-13-20-21-18(23)15-6-4-10-22(12-15)11-14-5-3-7-17-16(14)8-9-19-17/h3,5,7-9,13,15,19H,2,4,6,10-12H2,1H3/t15-/m0/s1. The first-order valence-electron chi connectivity index (χ1n) is 8.50. The molecule has 1 saturated heterocycles. The van der Waals surface area contributed by atoms with E-state index in [1.54, 1.807) is 0 Å². The number of likely N-dealkylation sites (tertiary alicyclic amines) is 1. The first-order valence-corrected chi connectivity index (χ1v) is 8.50. The molecule has 0 radical (unpaired) electrons. The number of piperidine rings is 1. The van der Waals surface area contributed by atoms with Crippen molar-refractivity contribution in [3.63, 3.8) is 0 Å². The largest absolute Gasteiger partial charge is 0.361 e. The van der Waals surface area contributed by atoms with Gasteiger partial charge < -0.3 is 9.55 Å². The second kappa shape index (κ2) is 6.16. The summed E-state index contributed by atoms with van der Waals surface area (Å²) in [5.74, 6) is 1.65. The summed E-state index contributed by atoms with van der Waals surface area (Å²) in [4.78, 5) is 5.86. The Kier molecular flexibility index (Phi) is 3.87. The van der Waals surface area contributed by atoms with Gasteiger partial charge in [-0.25, -0.2) is 0 Å². The van der Waals surface area contributed by atoms with Crippen LogP contribution in [0.1, 0.15) is 37.1 Å². The minimum absolute atomic E-state index is 0.497. The second-order valence-electron chi connectivity index (χ2n) is 6.41. The number of H-pyrrole nitrogens is 1. The van der Waals surface area contributed by atoms with Crippen molar-refractivity contribution in [3.8, 4) is 0 Å². The van der Waals surface area contributed by atoms with Gasteiger partial charge in [0.1, 0.15) is 12.2 Å². The molecule has 1 atom stereocenters. The summed E-state index contributed by atoms with van der Waals surface area (Å²) in [6.07, 6.45) is 6.32. The molecule has 5 heteroatoms. The first kappa shape index (κ1) is 14.5. The molecule has 1 aliphatic heterocycles. The van der Waals surface area contributed by atoms with Gasteiger partial charge in [0, 0.05) is 42.7 Å². The van der Waals surface area contributed by atoms with Crippen LogP contribution in [-0.4, -0.2) is 37.7 Å². The number of fused-ring (bicyclic) bond motifs is 1. The van der Waals surface area contributed by atoms with Gasteiger partial charge in [-0.05, 0) is 44.0 Å². The zero-order valence-electron chi connectivity index (χ0n) is 13.6. The Hall–Kier alpha value is -2.14. The lowest BCUT2D eigenvalue weighted by Crippen LogP contribution is -2.35. The van der Waals surface area contributed by atoms with Crippen LogP contribution in [0.25, 0.3) is 10.9 Å². The van der Waals surface area contributed by atoms with Crippen molar-refractivity contribution in [3.05, 3.63) is 48.2 Å². The number of aromatic nitrogens is 4. The molecule has 1 aromatic carbocycles. The van der Waals surface area contributed by atoms with E-state index in [0.717, 1.165) is 32.0 Å². The molecule has 0 unspecified atom stereocenters. The van der Waals surface area contributed by atoms with Gasteiger partial charge in [0.05, 0.1) is 0 Å². The molecule has 0 bridgehead atoms. The molecular formula is C18H23N5. The molecule has 3 aromatic rings. The maximum atomic E-state index is 4.38. The van der Waals surface area contributed by atoms with Crippen LogP contribution in [0, 0.1) is 0 Å². The van der Waals surface area contributed by atoms with E-state index in [9.17, 15) is 0 Å². The number of aryl methyl sites for hydroxylation is 1. The highest BCUT2D eigenvalue weighted by atomic mass is 15.3. The number of nitrogens with zero attached hydrogens (tertiary/aromatic N) is 4. The zero-order chi connectivity index (χ0) is 15.6. The highest BCUT2D eigenvalue weighted by Crippen LogP contribution is 2.27. The van der Waals surface area contributed by atoms with Crippen molar-refractivity contribution in [2.45, 2.75) is 38.8 Å². The molecule has 1 fully saturated rings. The molecule has 3 heterocycles. The van der Waals surface area contributed by atoms with Crippen LogP contribution < -0.4 is 0 Å². The van der Waals surface area contributed by atoms with E-state index >= 15 is 0 Å². The number of aromatic amines is 1. The maximum absolute atomic E-state index is 4.38. The van der Waals surface area contributed by atoms with Crippen LogP contribution in [0.4, 0.5) is 0 Å². The molecule has 0 amide bonds. The van der Waals surface area contributed by atoms with Crippen LogP contribution in [-0.2, 0) is 13.1 Å². The predicted molar refractivity (Wildman–Crippen MR) is 91.2 cm³/mol. The monoisotopic (exact) mass is 309 g/mol. The molecule has 0 saturated carbocycles. The average molecular weight is 309 g/mol. The van der Waals surface area contributed by atoms with E-state index in [2.05, 4.69) is 55.8 Å². The minimum atomic E-state index is 0.497. The number of nitrogens with one attached hydrogen (secondary N) is 1. The lowest BCUT2D eigenvalue weighted by molar-refractivity contribution is 0.195. The van der Waals surface area contributed by atoms with Crippen LogP contribution >= 0.6 is 0 Å². The van der Waals surface area contributed by atoms with Crippen molar-refractivity contribution >= 4 is 10.9 Å². The number of hydrogen-bond donors (Lipinski definition) is 1. The minimum Gasteiger partial charge on any atom is -0.361 e. The molecule has 120 valence electrons. The summed E-state index contributed by atoms with van der Waals surface area (Å²) >= 11 is 0. The third-order valence-electron chi connectivity index (χ3n) is 4.94. The average Bonchev–Trinajstić information content (AvgIpc) is 3.24. The van der Waals surface area contributed by atoms with E-state index in [-0.39, 0.29) is 0 Å². The van der Waals surface area contributed by atoms with E-state index in [1.165, 1.54) is 29.3 Å². The predicted octanol–water partition coefficient (Wildman–Crippen LogP) is 3.16. The fraction of sp³-hybridized carbons (Fsp3) is 0.444. The summed E-state index contributed by atoms with van der Waals surface area (Å²) in [5.41, 5.74) is 2.63. The van der Waals surface area contributed by atoms with Gasteiger partial charge in [0.15, 0.2) is 0 Å². The lowest BCUT2D eigenvalue weighted by Gasteiger charge is -2.32. The van der Waals surface area contributed by atoms with Crippen molar-refractivity contribution in [2.75, 3.05) is 13.1 Å². The van der Waals surface area contributed by atoms with Crippen molar-refractivity contribution in [1.29, 1.82) is 0 Å². The van der Waals surface area contributed by atoms with E-state index in [0.29, 0.717) is 5.92 Å². The van der Waals surface area contributed by atoms with Gasteiger partial charge >= 0.3 is 0 Å². The molecule has 23 heavy (non-hydrogen) atoms. The summed E-state index contributed by atoms with van der Waals surface area (Å²) < 4.78 is 2.18. The number of hydrogen-bond acceptors (Lipinski definition) is 3. The Morgan fingerprint density at radius 1 is 1.30 bits per heavy atom. The van der Waals surface area contributed by atoms with Crippen LogP contribution in [0.5, 0.6) is 0 Å². The highest BCUT2D eigenvalue weighted by molar-refractivity contribution is 5.82. The van der Waals surface area contributed by atoms with Crippen LogP contribution in [0.15, 0.2) is 36.8 Å². The third kappa shape index (κ3) is 2.77. The van der Waals surface area contributed by atoms with E-state index in [4.69, 9.17) is 0 Å². The Balaban J connectivity index is 1.53. The zero-order valence-corrected chi connectivity index (χ0v) is 13.6. The molecule has 5 nitrogen and oxygen atoms in total. The Morgan fingerprint density at radius 3 is 3.17 bits per heavy atom. The van der Waals surface area contributed by atoms with Gasteiger partial charge in [-0.1, -0.05) is 12.1 Å². The fourth-order valence-electron chi connectivity index (χ4n) is 3.76. The molecule has 4 rings (SSSR count). The van der Waals surface area contributed by atoms with E-state index in [1.807, 2.05) is 12.5 Å². The molecule has 0 spiro atoms. The summed E-state index contributed by atoms with van der Waals surface area (Å²) in [6, 6.07) is 8.71. The Morgan fingerprint density at radius 2 is 2.26 bits per heavy atom. The highest BCUT2D eigenvalue weighted by Gasteiger charge is 2.25. The smallest absolute Gasteiger partial charge is 0.137 e. The van der Waals surface area contributed by atoms with Gasteiger partial charge in [-0.2, -0.15) is 0 Å². The maximum Gasteiger partial charge on any atom is 0.137 e. The molecule has 2 aromatic heterocycles. The number of benzene rings is 1. The van der Waals surface area contributed by atoms with Gasteiger partial charge in [-0.15, -0.1) is 10.2 Å². The summed E-state index contributed by atoms with van der Waals surface area (Å²) in [6.45, 7) is 6.34. The summed E-state index contributed by atoms with van der Waals surface area (Å²) in [5, 5.41) is 9.82.